The van der Waals surface area contributed by atoms with Crippen LogP contribution in [0, 0.1) is 6.92 Å². The van der Waals surface area contributed by atoms with E-state index in [1.165, 1.54) is 12.2 Å². The third kappa shape index (κ3) is 2.21. The standard InChI is InChI=1S/C11H16N2S/c1-8-3-4-10(7-12-8)13-11-5-6-14-9(11)2/h3-4,7,9,11,13H,5-6H2,1-2H3. The quantitative estimate of drug-likeness (QED) is 0.809. The Kier molecular flexibility index (Phi) is 2.96. The molecule has 1 aliphatic rings. The zero-order chi connectivity index (χ0) is 9.97. The van der Waals surface area contributed by atoms with Gasteiger partial charge in [-0.25, -0.2) is 0 Å². The molecular formula is C11H16N2S. The smallest absolute Gasteiger partial charge is 0.0529 e. The lowest BCUT2D eigenvalue weighted by Gasteiger charge is -2.17. The highest BCUT2D eigenvalue weighted by Crippen LogP contribution is 2.28. The Morgan fingerprint density at radius 3 is 2.93 bits per heavy atom. The van der Waals surface area contributed by atoms with Crippen LogP contribution in [0.4, 0.5) is 5.69 Å². The monoisotopic (exact) mass is 208 g/mol. The van der Waals surface area contributed by atoms with Crippen LogP contribution in [-0.2, 0) is 0 Å². The number of thioether (sulfide) groups is 1. The summed E-state index contributed by atoms with van der Waals surface area (Å²) < 4.78 is 0. The van der Waals surface area contributed by atoms with E-state index in [1.54, 1.807) is 0 Å². The fourth-order valence-corrected chi connectivity index (χ4v) is 2.89. The summed E-state index contributed by atoms with van der Waals surface area (Å²) in [6.45, 7) is 4.30. The zero-order valence-electron chi connectivity index (χ0n) is 8.66. The Morgan fingerprint density at radius 2 is 2.36 bits per heavy atom. The Hall–Kier alpha value is -0.700. The summed E-state index contributed by atoms with van der Waals surface area (Å²) in [6.07, 6.45) is 3.19. The molecule has 1 aromatic rings. The molecule has 0 amide bonds. The van der Waals surface area contributed by atoms with Crippen molar-refractivity contribution >= 4 is 17.4 Å². The van der Waals surface area contributed by atoms with E-state index in [2.05, 4.69) is 29.4 Å². The first-order valence-corrected chi connectivity index (χ1v) is 6.11. The van der Waals surface area contributed by atoms with Crippen molar-refractivity contribution in [1.82, 2.24) is 4.98 Å². The van der Waals surface area contributed by atoms with Crippen LogP contribution in [0.3, 0.4) is 0 Å². The first-order chi connectivity index (χ1) is 6.75. The Morgan fingerprint density at radius 1 is 1.50 bits per heavy atom. The highest BCUT2D eigenvalue weighted by atomic mass is 32.2. The molecule has 1 fully saturated rings. The topological polar surface area (TPSA) is 24.9 Å². The average molecular weight is 208 g/mol. The Labute approximate surface area is 89.5 Å². The van der Waals surface area contributed by atoms with Crippen molar-refractivity contribution in [1.29, 1.82) is 0 Å². The number of pyridine rings is 1. The molecule has 76 valence electrons. The number of anilines is 1. The van der Waals surface area contributed by atoms with Crippen molar-refractivity contribution in [2.45, 2.75) is 31.6 Å². The van der Waals surface area contributed by atoms with Crippen molar-refractivity contribution in [2.24, 2.45) is 0 Å². The van der Waals surface area contributed by atoms with Crippen molar-refractivity contribution in [3.8, 4) is 0 Å². The molecule has 0 spiro atoms. The Balaban J connectivity index is 2.00. The van der Waals surface area contributed by atoms with Crippen LogP contribution >= 0.6 is 11.8 Å². The van der Waals surface area contributed by atoms with E-state index in [4.69, 9.17) is 0 Å². The molecule has 1 aliphatic heterocycles. The minimum Gasteiger partial charge on any atom is -0.380 e. The normalized spacial score (nSPS) is 26.4. The Bertz CT molecular complexity index is 297. The predicted octanol–water partition coefficient (Wildman–Crippen LogP) is 2.70. The predicted molar refractivity (Wildman–Crippen MR) is 62.9 cm³/mol. The molecular weight excluding hydrogens is 192 g/mol. The number of nitrogens with zero attached hydrogens (tertiary/aromatic N) is 1. The van der Waals surface area contributed by atoms with E-state index in [-0.39, 0.29) is 0 Å². The number of nitrogens with one attached hydrogen (secondary N) is 1. The molecule has 14 heavy (non-hydrogen) atoms. The van der Waals surface area contributed by atoms with Gasteiger partial charge in [-0.2, -0.15) is 11.8 Å². The second kappa shape index (κ2) is 4.22. The number of aryl methyl sites for hydroxylation is 1. The van der Waals surface area contributed by atoms with Gasteiger partial charge in [-0.15, -0.1) is 0 Å². The molecule has 1 N–H and O–H groups in total. The summed E-state index contributed by atoms with van der Waals surface area (Å²) in [6, 6.07) is 4.78. The van der Waals surface area contributed by atoms with E-state index in [1.807, 2.05) is 24.9 Å². The van der Waals surface area contributed by atoms with Crippen LogP contribution in [0.15, 0.2) is 18.3 Å². The van der Waals surface area contributed by atoms with E-state index in [0.29, 0.717) is 6.04 Å². The number of hydrogen-bond donors (Lipinski definition) is 1. The van der Waals surface area contributed by atoms with Crippen LogP contribution in [0.1, 0.15) is 19.0 Å². The van der Waals surface area contributed by atoms with Crippen LogP contribution < -0.4 is 5.32 Å². The third-order valence-electron chi connectivity index (χ3n) is 2.64. The second-order valence-electron chi connectivity index (χ2n) is 3.80. The third-order valence-corrected chi connectivity index (χ3v) is 3.97. The van der Waals surface area contributed by atoms with Crippen molar-refractivity contribution in [3.63, 3.8) is 0 Å². The molecule has 0 aromatic carbocycles. The molecule has 2 unspecified atom stereocenters. The lowest BCUT2D eigenvalue weighted by atomic mass is 10.1. The lowest BCUT2D eigenvalue weighted by Crippen LogP contribution is -2.24. The lowest BCUT2D eigenvalue weighted by molar-refractivity contribution is 0.723. The minimum absolute atomic E-state index is 0.615. The SMILES string of the molecule is Cc1ccc(NC2CCSC2C)cn1. The first-order valence-electron chi connectivity index (χ1n) is 5.06. The van der Waals surface area contributed by atoms with Gasteiger partial charge in [0, 0.05) is 17.0 Å². The summed E-state index contributed by atoms with van der Waals surface area (Å²) in [4.78, 5) is 4.28. The molecule has 3 heteroatoms. The van der Waals surface area contributed by atoms with Crippen LogP contribution in [0.25, 0.3) is 0 Å². The van der Waals surface area contributed by atoms with Gasteiger partial charge in [0.2, 0.25) is 0 Å². The van der Waals surface area contributed by atoms with Gasteiger partial charge in [0.05, 0.1) is 11.9 Å². The molecule has 0 aliphatic carbocycles. The van der Waals surface area contributed by atoms with Gasteiger partial charge < -0.3 is 5.32 Å². The summed E-state index contributed by atoms with van der Waals surface area (Å²) in [5.74, 6) is 1.28. The summed E-state index contributed by atoms with van der Waals surface area (Å²) in [7, 11) is 0. The molecule has 2 atom stereocenters. The number of aromatic nitrogens is 1. The molecule has 0 bridgehead atoms. The second-order valence-corrected chi connectivity index (χ2v) is 5.29. The van der Waals surface area contributed by atoms with Crippen molar-refractivity contribution in [3.05, 3.63) is 24.0 Å². The van der Waals surface area contributed by atoms with Gasteiger partial charge in [0.1, 0.15) is 0 Å². The van der Waals surface area contributed by atoms with Crippen molar-refractivity contribution < 1.29 is 0 Å². The molecule has 0 radical (unpaired) electrons. The van der Waals surface area contributed by atoms with E-state index in [0.717, 1.165) is 16.6 Å². The van der Waals surface area contributed by atoms with Gasteiger partial charge >= 0.3 is 0 Å². The maximum atomic E-state index is 4.28. The number of rotatable bonds is 2. The van der Waals surface area contributed by atoms with Gasteiger partial charge in [0.25, 0.3) is 0 Å². The fourth-order valence-electron chi connectivity index (χ4n) is 1.69. The largest absolute Gasteiger partial charge is 0.380 e. The van der Waals surface area contributed by atoms with E-state index < -0.39 is 0 Å². The molecule has 2 rings (SSSR count). The summed E-state index contributed by atoms with van der Waals surface area (Å²) in [5, 5.41) is 4.25. The zero-order valence-corrected chi connectivity index (χ0v) is 9.47. The molecule has 0 saturated carbocycles. The van der Waals surface area contributed by atoms with Crippen LogP contribution in [0.5, 0.6) is 0 Å². The average Bonchev–Trinajstić information content (AvgIpc) is 2.56. The van der Waals surface area contributed by atoms with Gasteiger partial charge in [-0.1, -0.05) is 6.92 Å². The maximum Gasteiger partial charge on any atom is 0.0529 e. The fraction of sp³-hybridized carbons (Fsp3) is 0.545. The maximum absolute atomic E-state index is 4.28. The van der Waals surface area contributed by atoms with E-state index in [9.17, 15) is 0 Å². The van der Waals surface area contributed by atoms with Crippen LogP contribution in [0.2, 0.25) is 0 Å². The molecule has 1 saturated heterocycles. The number of hydrogen-bond acceptors (Lipinski definition) is 3. The minimum atomic E-state index is 0.615. The summed E-state index contributed by atoms with van der Waals surface area (Å²) >= 11 is 2.04. The van der Waals surface area contributed by atoms with E-state index >= 15 is 0 Å². The van der Waals surface area contributed by atoms with Gasteiger partial charge in [-0.05, 0) is 31.2 Å². The molecule has 1 aromatic heterocycles. The first kappa shape index (κ1) is 9.84. The van der Waals surface area contributed by atoms with Crippen LogP contribution in [-0.4, -0.2) is 22.0 Å². The van der Waals surface area contributed by atoms with Gasteiger partial charge in [-0.3, -0.25) is 4.98 Å². The highest BCUT2D eigenvalue weighted by Gasteiger charge is 2.23. The summed E-state index contributed by atoms with van der Waals surface area (Å²) in [5.41, 5.74) is 2.22. The molecule has 2 nitrogen and oxygen atoms in total. The molecule has 2 heterocycles. The van der Waals surface area contributed by atoms with Gasteiger partial charge in [0.15, 0.2) is 0 Å². The highest BCUT2D eigenvalue weighted by molar-refractivity contribution is 8.00. The van der Waals surface area contributed by atoms with Crippen molar-refractivity contribution in [2.75, 3.05) is 11.1 Å².